The Hall–Kier alpha value is -4.22. The van der Waals surface area contributed by atoms with Gasteiger partial charge in [-0.25, -0.2) is 14.6 Å². The Balaban J connectivity index is 1.85. The molecule has 1 unspecified atom stereocenters. The maximum Gasteiger partial charge on any atom is 0.341 e. The molecule has 4 rings (SSSR count). The molecule has 2 heterocycles. The molecule has 0 radical (unpaired) electrons. The Morgan fingerprint density at radius 3 is 2.66 bits per heavy atom. The van der Waals surface area contributed by atoms with Crippen molar-refractivity contribution in [2.45, 2.75) is 13.0 Å². The fourth-order valence-electron chi connectivity index (χ4n) is 4.06. The fraction of sp³-hybridized carbons (Fsp3) is 0.259. The van der Waals surface area contributed by atoms with E-state index in [-0.39, 0.29) is 24.3 Å². The predicted octanol–water partition coefficient (Wildman–Crippen LogP) is 1.90. The Morgan fingerprint density at radius 1 is 1.13 bits per heavy atom. The van der Waals surface area contributed by atoms with Crippen LogP contribution in [0, 0.1) is 0 Å². The molecule has 0 saturated heterocycles. The van der Waals surface area contributed by atoms with Gasteiger partial charge in [-0.2, -0.15) is 0 Å². The van der Waals surface area contributed by atoms with Crippen LogP contribution in [0.5, 0.6) is 11.5 Å². The molecule has 11 heteroatoms. The lowest BCUT2D eigenvalue weighted by Crippen LogP contribution is -2.40. The number of methoxy groups -OCH3 is 2. The smallest absolute Gasteiger partial charge is 0.341 e. The molecular weight excluding hydrogens is 512 g/mol. The van der Waals surface area contributed by atoms with Gasteiger partial charge in [-0.05, 0) is 36.8 Å². The first-order valence-electron chi connectivity index (χ1n) is 11.6. The number of para-hydroxylation sites is 1. The first-order chi connectivity index (χ1) is 18.3. The second-order valence-electron chi connectivity index (χ2n) is 8.21. The lowest BCUT2D eigenvalue weighted by Gasteiger charge is -2.26. The minimum Gasteiger partial charge on any atom is -0.496 e. The van der Waals surface area contributed by atoms with Crippen molar-refractivity contribution in [1.29, 1.82) is 0 Å². The van der Waals surface area contributed by atoms with E-state index in [0.717, 1.165) is 0 Å². The maximum atomic E-state index is 13.8. The highest BCUT2D eigenvalue weighted by Crippen LogP contribution is 2.35. The van der Waals surface area contributed by atoms with Crippen LogP contribution in [0.3, 0.4) is 0 Å². The molecule has 1 N–H and O–H groups in total. The van der Waals surface area contributed by atoms with E-state index in [9.17, 15) is 14.4 Å². The third kappa shape index (κ3) is 5.68. The fourth-order valence-corrected chi connectivity index (χ4v) is 5.10. The predicted molar refractivity (Wildman–Crippen MR) is 139 cm³/mol. The molecule has 1 atom stereocenters. The van der Waals surface area contributed by atoms with Gasteiger partial charge >= 0.3 is 11.9 Å². The van der Waals surface area contributed by atoms with Crippen LogP contribution in [0.4, 0.5) is 0 Å². The van der Waals surface area contributed by atoms with Gasteiger partial charge in [0.1, 0.15) is 24.1 Å². The number of hydrogen-bond acceptors (Lipinski definition) is 9. The first kappa shape index (κ1) is 26.8. The summed E-state index contributed by atoms with van der Waals surface area (Å²) < 4.78 is 23.1. The Kier molecular flexibility index (Phi) is 8.39. The van der Waals surface area contributed by atoms with E-state index >= 15 is 0 Å². The number of hydrogen-bond donors (Lipinski definition) is 1. The highest BCUT2D eigenvalue weighted by Gasteiger charge is 2.35. The van der Waals surface area contributed by atoms with Crippen LogP contribution < -0.4 is 24.4 Å². The van der Waals surface area contributed by atoms with E-state index in [1.807, 2.05) is 0 Å². The standard InChI is InChI=1S/C27H26N2O8S/c1-16-23(26(33)36-12-11-34-2)24(19-9-4-5-10-20(19)35-3)29-25(32)21(38-27(29)28-16)14-17-7-6-8-18(13-17)37-15-22(30)31/h4-10,13-14,24H,11-12,15H2,1-3H3,(H,30,31). The van der Waals surface area contributed by atoms with Crippen molar-refractivity contribution in [2.75, 3.05) is 34.0 Å². The Morgan fingerprint density at radius 2 is 1.92 bits per heavy atom. The number of aromatic nitrogens is 1. The quantitative estimate of drug-likeness (QED) is 0.307. The molecule has 0 bridgehead atoms. The van der Waals surface area contributed by atoms with E-state index in [0.29, 0.717) is 37.7 Å². The van der Waals surface area contributed by atoms with E-state index in [1.165, 1.54) is 30.1 Å². The van der Waals surface area contributed by atoms with Crippen molar-refractivity contribution in [1.82, 2.24) is 4.57 Å². The highest BCUT2D eigenvalue weighted by molar-refractivity contribution is 7.07. The molecule has 1 aromatic heterocycles. The Labute approximate surface area is 221 Å². The number of carbonyl (C=O) groups is 2. The lowest BCUT2D eigenvalue weighted by atomic mass is 9.95. The normalized spacial score (nSPS) is 15.0. The van der Waals surface area contributed by atoms with Crippen molar-refractivity contribution in [3.63, 3.8) is 0 Å². The van der Waals surface area contributed by atoms with Crippen LogP contribution >= 0.6 is 11.3 Å². The highest BCUT2D eigenvalue weighted by atomic mass is 32.1. The monoisotopic (exact) mass is 538 g/mol. The average Bonchev–Trinajstić information content (AvgIpc) is 3.21. The molecule has 1 aliphatic rings. The van der Waals surface area contributed by atoms with Gasteiger partial charge in [0, 0.05) is 12.7 Å². The molecule has 0 fully saturated rings. The first-order valence-corrected chi connectivity index (χ1v) is 12.4. The van der Waals surface area contributed by atoms with Crippen molar-refractivity contribution in [2.24, 2.45) is 4.99 Å². The molecule has 0 aliphatic carbocycles. The van der Waals surface area contributed by atoms with Crippen LogP contribution in [0.1, 0.15) is 24.1 Å². The second kappa shape index (κ2) is 11.9. The third-order valence-electron chi connectivity index (χ3n) is 5.71. The zero-order valence-corrected chi connectivity index (χ0v) is 21.8. The maximum absolute atomic E-state index is 13.8. The van der Waals surface area contributed by atoms with Crippen molar-refractivity contribution in [3.05, 3.63) is 90.6 Å². The summed E-state index contributed by atoms with van der Waals surface area (Å²) in [6, 6.07) is 13.1. The lowest BCUT2D eigenvalue weighted by molar-refractivity contribution is -0.141. The van der Waals surface area contributed by atoms with Crippen molar-refractivity contribution < 1.29 is 33.6 Å². The van der Waals surface area contributed by atoms with Gasteiger partial charge in [0.05, 0.1) is 29.5 Å². The van der Waals surface area contributed by atoms with Crippen molar-refractivity contribution >= 4 is 29.4 Å². The summed E-state index contributed by atoms with van der Waals surface area (Å²) in [7, 11) is 3.03. The summed E-state index contributed by atoms with van der Waals surface area (Å²) in [5.41, 5.74) is 1.56. The largest absolute Gasteiger partial charge is 0.496 e. The van der Waals surface area contributed by atoms with E-state index in [2.05, 4.69) is 4.99 Å². The molecule has 3 aromatic rings. The van der Waals surface area contributed by atoms with E-state index in [1.54, 1.807) is 61.5 Å². The number of benzene rings is 2. The number of fused-ring (bicyclic) bond motifs is 1. The number of allylic oxidation sites excluding steroid dienone is 1. The van der Waals surface area contributed by atoms with E-state index in [4.69, 9.17) is 24.1 Å². The molecular formula is C27H26N2O8S. The number of esters is 1. The summed E-state index contributed by atoms with van der Waals surface area (Å²) in [4.78, 5) is 42.8. The molecule has 1 aliphatic heterocycles. The molecule has 0 spiro atoms. The van der Waals surface area contributed by atoms with Crippen LogP contribution in [-0.2, 0) is 19.1 Å². The number of carboxylic acids is 1. The van der Waals surface area contributed by atoms with Gasteiger partial charge in [0.15, 0.2) is 11.4 Å². The summed E-state index contributed by atoms with van der Waals surface area (Å²) in [5.74, 6) is -0.825. The average molecular weight is 539 g/mol. The number of ether oxygens (including phenoxy) is 4. The van der Waals surface area contributed by atoms with Gasteiger partial charge in [-0.15, -0.1) is 0 Å². The zero-order valence-electron chi connectivity index (χ0n) is 21.0. The van der Waals surface area contributed by atoms with Crippen LogP contribution in [0.2, 0.25) is 0 Å². The number of thiazole rings is 1. The van der Waals surface area contributed by atoms with Crippen LogP contribution in [-0.4, -0.2) is 55.7 Å². The molecule has 38 heavy (non-hydrogen) atoms. The molecule has 10 nitrogen and oxygen atoms in total. The Bertz CT molecular complexity index is 1570. The summed E-state index contributed by atoms with van der Waals surface area (Å²) in [6.07, 6.45) is 1.67. The minimum atomic E-state index is -1.09. The molecule has 0 saturated carbocycles. The van der Waals surface area contributed by atoms with Gasteiger partial charge in [-0.1, -0.05) is 41.7 Å². The number of nitrogens with zero attached hydrogens (tertiary/aromatic N) is 2. The number of aliphatic carboxylic acids is 1. The van der Waals surface area contributed by atoms with Crippen molar-refractivity contribution in [3.8, 4) is 11.5 Å². The SMILES string of the molecule is COCCOC(=O)C1=C(C)N=c2sc(=Cc3cccc(OCC(=O)O)c3)c(=O)n2C1c1ccccc1OC. The van der Waals surface area contributed by atoms with Crippen LogP contribution in [0.15, 0.2) is 69.6 Å². The molecule has 0 amide bonds. The topological polar surface area (TPSA) is 126 Å². The zero-order chi connectivity index (χ0) is 27.2. The van der Waals surface area contributed by atoms with Crippen LogP contribution in [0.25, 0.3) is 6.08 Å². The molecule has 198 valence electrons. The molecule has 2 aromatic carbocycles. The summed E-state index contributed by atoms with van der Waals surface area (Å²) in [6.45, 7) is 1.50. The third-order valence-corrected chi connectivity index (χ3v) is 6.70. The second-order valence-corrected chi connectivity index (χ2v) is 9.22. The van der Waals surface area contributed by atoms with Gasteiger partial charge in [0.25, 0.3) is 5.56 Å². The van der Waals surface area contributed by atoms with Gasteiger partial charge < -0.3 is 24.1 Å². The van der Waals surface area contributed by atoms with E-state index < -0.39 is 24.6 Å². The van der Waals surface area contributed by atoms with Gasteiger partial charge in [0.2, 0.25) is 0 Å². The number of carboxylic acid groups (broad SMARTS) is 1. The number of rotatable bonds is 10. The summed E-state index contributed by atoms with van der Waals surface area (Å²) in [5, 5.41) is 8.87. The number of carbonyl (C=O) groups excluding carboxylic acids is 1. The summed E-state index contributed by atoms with van der Waals surface area (Å²) >= 11 is 1.18. The minimum absolute atomic E-state index is 0.0511. The van der Waals surface area contributed by atoms with Gasteiger partial charge in [-0.3, -0.25) is 9.36 Å².